The lowest BCUT2D eigenvalue weighted by atomic mass is 10.1. The quantitative estimate of drug-likeness (QED) is 0.589. The van der Waals surface area contributed by atoms with E-state index in [1.807, 2.05) is 0 Å². The summed E-state index contributed by atoms with van der Waals surface area (Å²) in [5.74, 6) is 0. The predicted octanol–water partition coefficient (Wildman–Crippen LogP) is 0.0100. The van der Waals surface area contributed by atoms with Gasteiger partial charge in [-0.3, -0.25) is 4.90 Å². The summed E-state index contributed by atoms with van der Waals surface area (Å²) in [6, 6.07) is 1.36. The molecule has 3 heteroatoms. The molecule has 1 saturated carbocycles. The molecule has 0 amide bonds. The van der Waals surface area contributed by atoms with Crippen molar-refractivity contribution in [2.24, 2.45) is 0 Å². The lowest BCUT2D eigenvalue weighted by molar-refractivity contribution is -0.114. The summed E-state index contributed by atoms with van der Waals surface area (Å²) in [5, 5.41) is 3.28. The van der Waals surface area contributed by atoms with E-state index in [4.69, 9.17) is 0 Å². The fourth-order valence-electron chi connectivity index (χ4n) is 2.10. The molecule has 2 fully saturated rings. The van der Waals surface area contributed by atoms with Crippen LogP contribution in [0.25, 0.3) is 0 Å². The van der Waals surface area contributed by atoms with Crippen molar-refractivity contribution in [2.45, 2.75) is 37.9 Å². The van der Waals surface area contributed by atoms with E-state index in [-0.39, 0.29) is 6.04 Å². The smallest absolute Gasteiger partial charge is 0.138 e. The molecule has 68 valence electrons. The zero-order chi connectivity index (χ0) is 8.55. The van der Waals surface area contributed by atoms with Gasteiger partial charge >= 0.3 is 0 Å². The van der Waals surface area contributed by atoms with Gasteiger partial charge < -0.3 is 10.1 Å². The van der Waals surface area contributed by atoms with Gasteiger partial charge in [-0.05, 0) is 19.8 Å². The fraction of sp³-hybridized carbons (Fsp3) is 0.889. The van der Waals surface area contributed by atoms with Crippen molar-refractivity contribution < 1.29 is 4.79 Å². The Morgan fingerprint density at radius 3 is 2.75 bits per heavy atom. The Labute approximate surface area is 73.1 Å². The Morgan fingerprint density at radius 2 is 2.17 bits per heavy atom. The third-order valence-corrected chi connectivity index (χ3v) is 2.81. The molecule has 0 bridgehead atoms. The van der Waals surface area contributed by atoms with Crippen LogP contribution < -0.4 is 5.32 Å². The van der Waals surface area contributed by atoms with Crippen LogP contribution in [0.1, 0.15) is 19.8 Å². The van der Waals surface area contributed by atoms with Gasteiger partial charge in [-0.2, -0.15) is 0 Å². The number of hydrogen-bond donors (Lipinski definition) is 1. The molecule has 12 heavy (non-hydrogen) atoms. The van der Waals surface area contributed by atoms with Crippen LogP contribution in [0.15, 0.2) is 0 Å². The Kier molecular flexibility index (Phi) is 2.15. The number of rotatable bonds is 2. The Morgan fingerprint density at radius 1 is 1.42 bits per heavy atom. The van der Waals surface area contributed by atoms with E-state index in [0.29, 0.717) is 12.1 Å². The van der Waals surface area contributed by atoms with Crippen molar-refractivity contribution >= 4 is 6.29 Å². The minimum Gasteiger partial charge on any atom is -0.313 e. The van der Waals surface area contributed by atoms with Crippen LogP contribution in [0.4, 0.5) is 0 Å². The molecule has 0 spiro atoms. The monoisotopic (exact) mass is 168 g/mol. The number of carbonyl (C=O) groups excluding carboxylic acids is 1. The number of piperazine rings is 1. The second-order valence-electron chi connectivity index (χ2n) is 3.89. The van der Waals surface area contributed by atoms with Gasteiger partial charge in [0.2, 0.25) is 0 Å². The highest BCUT2D eigenvalue weighted by Gasteiger charge is 2.38. The predicted molar refractivity (Wildman–Crippen MR) is 47.0 cm³/mol. The van der Waals surface area contributed by atoms with Crippen molar-refractivity contribution in [3.8, 4) is 0 Å². The molecule has 3 nitrogen and oxygen atoms in total. The van der Waals surface area contributed by atoms with E-state index in [1.54, 1.807) is 0 Å². The Bertz CT molecular complexity index is 179. The van der Waals surface area contributed by atoms with Gasteiger partial charge in [-0.15, -0.1) is 0 Å². The highest BCUT2D eigenvalue weighted by molar-refractivity contribution is 5.58. The maximum Gasteiger partial charge on any atom is 0.138 e. The Hall–Kier alpha value is -0.410. The topological polar surface area (TPSA) is 32.3 Å². The number of nitrogens with one attached hydrogen (secondary N) is 1. The van der Waals surface area contributed by atoms with Gasteiger partial charge in [0.1, 0.15) is 6.29 Å². The van der Waals surface area contributed by atoms with E-state index in [9.17, 15) is 4.79 Å². The molecule has 0 aromatic heterocycles. The molecule has 0 aromatic carbocycles. The van der Waals surface area contributed by atoms with Crippen molar-refractivity contribution in [1.82, 2.24) is 10.2 Å². The van der Waals surface area contributed by atoms with Crippen LogP contribution >= 0.6 is 0 Å². The van der Waals surface area contributed by atoms with Crippen molar-refractivity contribution in [3.05, 3.63) is 0 Å². The third kappa shape index (κ3) is 1.39. The average molecular weight is 168 g/mol. The first-order valence-electron chi connectivity index (χ1n) is 4.76. The average Bonchev–Trinajstić information content (AvgIpc) is 2.87. The van der Waals surface area contributed by atoms with E-state index in [2.05, 4.69) is 17.1 Å². The van der Waals surface area contributed by atoms with E-state index in [0.717, 1.165) is 19.4 Å². The highest BCUT2D eigenvalue weighted by atomic mass is 16.1. The normalized spacial score (nSPS) is 38.1. The zero-order valence-electron chi connectivity index (χ0n) is 7.49. The van der Waals surface area contributed by atoms with Crippen LogP contribution in [0.5, 0.6) is 0 Å². The van der Waals surface area contributed by atoms with Crippen LogP contribution in [0, 0.1) is 0 Å². The van der Waals surface area contributed by atoms with Gasteiger partial charge in [0, 0.05) is 25.2 Å². The maximum atomic E-state index is 10.8. The molecule has 1 saturated heterocycles. The summed E-state index contributed by atoms with van der Waals surface area (Å²) >= 11 is 0. The molecule has 1 heterocycles. The summed E-state index contributed by atoms with van der Waals surface area (Å²) in [7, 11) is 0. The summed E-state index contributed by atoms with van der Waals surface area (Å²) < 4.78 is 0. The lowest BCUT2D eigenvalue weighted by Crippen LogP contribution is -2.57. The first kappa shape index (κ1) is 8.20. The molecular weight excluding hydrogens is 152 g/mol. The zero-order valence-corrected chi connectivity index (χ0v) is 7.49. The second kappa shape index (κ2) is 3.15. The fourth-order valence-corrected chi connectivity index (χ4v) is 2.10. The maximum absolute atomic E-state index is 10.8. The van der Waals surface area contributed by atoms with Gasteiger partial charge in [-0.1, -0.05) is 0 Å². The molecule has 1 aliphatic carbocycles. The molecule has 0 aromatic rings. The van der Waals surface area contributed by atoms with Crippen LogP contribution in [0.3, 0.4) is 0 Å². The molecule has 1 unspecified atom stereocenters. The standard InChI is InChI=1S/C9H16N2O/c1-7-4-10-5-9(6-12)11(7)8-2-3-8/h6-10H,2-5H2,1H3/t7-,9?/m0/s1. The molecule has 2 aliphatic rings. The molecular formula is C9H16N2O. The number of hydrogen-bond acceptors (Lipinski definition) is 3. The number of carbonyl (C=O) groups is 1. The van der Waals surface area contributed by atoms with E-state index >= 15 is 0 Å². The van der Waals surface area contributed by atoms with Crippen LogP contribution in [-0.2, 0) is 4.79 Å². The van der Waals surface area contributed by atoms with Crippen molar-refractivity contribution in [2.75, 3.05) is 13.1 Å². The first-order valence-corrected chi connectivity index (χ1v) is 4.76. The van der Waals surface area contributed by atoms with Gasteiger partial charge in [0.15, 0.2) is 0 Å². The highest BCUT2D eigenvalue weighted by Crippen LogP contribution is 2.30. The summed E-state index contributed by atoms with van der Waals surface area (Å²) in [4.78, 5) is 13.1. The van der Waals surface area contributed by atoms with E-state index < -0.39 is 0 Å². The molecule has 2 rings (SSSR count). The van der Waals surface area contributed by atoms with Crippen LogP contribution in [-0.4, -0.2) is 42.4 Å². The van der Waals surface area contributed by atoms with Gasteiger partial charge in [-0.25, -0.2) is 0 Å². The lowest BCUT2D eigenvalue weighted by Gasteiger charge is -2.38. The van der Waals surface area contributed by atoms with E-state index in [1.165, 1.54) is 12.8 Å². The molecule has 0 radical (unpaired) electrons. The van der Waals surface area contributed by atoms with Gasteiger partial charge in [0.05, 0.1) is 6.04 Å². The second-order valence-corrected chi connectivity index (χ2v) is 3.89. The minimum atomic E-state index is 0.126. The molecule has 1 aliphatic heterocycles. The molecule has 2 atom stereocenters. The minimum absolute atomic E-state index is 0.126. The van der Waals surface area contributed by atoms with Crippen LogP contribution in [0.2, 0.25) is 0 Å². The number of aldehydes is 1. The summed E-state index contributed by atoms with van der Waals surface area (Å²) in [6.07, 6.45) is 3.66. The van der Waals surface area contributed by atoms with Crippen molar-refractivity contribution in [3.63, 3.8) is 0 Å². The molecule has 1 N–H and O–H groups in total. The SMILES string of the molecule is C[C@H]1CNCC(C=O)N1C1CC1. The third-order valence-electron chi connectivity index (χ3n) is 2.81. The summed E-state index contributed by atoms with van der Waals surface area (Å²) in [5.41, 5.74) is 0. The summed E-state index contributed by atoms with van der Waals surface area (Å²) in [6.45, 7) is 4.06. The number of nitrogens with zero attached hydrogens (tertiary/aromatic N) is 1. The van der Waals surface area contributed by atoms with Gasteiger partial charge in [0.25, 0.3) is 0 Å². The largest absolute Gasteiger partial charge is 0.313 e. The first-order chi connectivity index (χ1) is 5.83. The van der Waals surface area contributed by atoms with Crippen molar-refractivity contribution in [1.29, 1.82) is 0 Å². The Balaban J connectivity index is 2.04.